The molecular formula is C15H15FN2O2. The minimum absolute atomic E-state index is 0.144. The summed E-state index contributed by atoms with van der Waals surface area (Å²) in [6, 6.07) is 12.5. The summed E-state index contributed by atoms with van der Waals surface area (Å²) in [7, 11) is 0. The maximum absolute atomic E-state index is 12.7. The van der Waals surface area contributed by atoms with Gasteiger partial charge in [0, 0.05) is 17.8 Å². The Morgan fingerprint density at radius 2 is 1.80 bits per heavy atom. The third kappa shape index (κ3) is 3.80. The lowest BCUT2D eigenvalue weighted by molar-refractivity contribution is 0.251. The lowest BCUT2D eigenvalue weighted by Crippen LogP contribution is -2.28. The van der Waals surface area contributed by atoms with Crippen LogP contribution in [-0.4, -0.2) is 11.1 Å². The summed E-state index contributed by atoms with van der Waals surface area (Å²) in [4.78, 5) is 11.7. The van der Waals surface area contributed by atoms with Crippen LogP contribution in [-0.2, 0) is 13.2 Å². The van der Waals surface area contributed by atoms with E-state index in [1.165, 1.54) is 12.1 Å². The van der Waals surface area contributed by atoms with Gasteiger partial charge in [-0.1, -0.05) is 30.3 Å². The van der Waals surface area contributed by atoms with E-state index in [0.29, 0.717) is 17.8 Å². The summed E-state index contributed by atoms with van der Waals surface area (Å²) in [6.45, 7) is 0.155. The summed E-state index contributed by atoms with van der Waals surface area (Å²) < 4.78 is 12.7. The first-order valence-electron chi connectivity index (χ1n) is 6.17. The number of rotatable bonds is 4. The van der Waals surface area contributed by atoms with E-state index in [4.69, 9.17) is 5.11 Å². The van der Waals surface area contributed by atoms with Crippen LogP contribution in [0.5, 0.6) is 0 Å². The van der Waals surface area contributed by atoms with Gasteiger partial charge in [0.2, 0.25) is 0 Å². The van der Waals surface area contributed by atoms with Crippen LogP contribution in [0, 0.1) is 5.82 Å². The molecule has 0 heterocycles. The molecule has 0 atom stereocenters. The predicted octanol–water partition coefficient (Wildman–Crippen LogP) is 2.64. The van der Waals surface area contributed by atoms with Crippen molar-refractivity contribution < 1.29 is 14.3 Å². The van der Waals surface area contributed by atoms with Crippen molar-refractivity contribution in [2.45, 2.75) is 13.2 Å². The molecule has 2 amide bonds. The van der Waals surface area contributed by atoms with E-state index in [-0.39, 0.29) is 18.5 Å². The molecular weight excluding hydrogens is 259 g/mol. The van der Waals surface area contributed by atoms with Crippen LogP contribution in [0.1, 0.15) is 11.1 Å². The van der Waals surface area contributed by atoms with E-state index in [0.717, 1.165) is 5.56 Å². The quantitative estimate of drug-likeness (QED) is 0.802. The normalized spacial score (nSPS) is 10.1. The van der Waals surface area contributed by atoms with Crippen LogP contribution in [0.25, 0.3) is 0 Å². The molecule has 0 aliphatic rings. The van der Waals surface area contributed by atoms with Crippen LogP contribution < -0.4 is 10.6 Å². The van der Waals surface area contributed by atoms with Crippen molar-refractivity contribution in [2.75, 3.05) is 5.32 Å². The van der Waals surface area contributed by atoms with Crippen molar-refractivity contribution in [3.05, 3.63) is 65.5 Å². The van der Waals surface area contributed by atoms with Crippen LogP contribution >= 0.6 is 0 Å². The number of halogens is 1. The third-order valence-corrected chi connectivity index (χ3v) is 2.80. The second kappa shape index (κ2) is 6.68. The van der Waals surface area contributed by atoms with E-state index in [1.54, 1.807) is 36.4 Å². The van der Waals surface area contributed by atoms with Crippen LogP contribution in [0.15, 0.2) is 48.5 Å². The maximum atomic E-state index is 12.7. The fraction of sp³-hybridized carbons (Fsp3) is 0.133. The van der Waals surface area contributed by atoms with Gasteiger partial charge < -0.3 is 15.7 Å². The van der Waals surface area contributed by atoms with Gasteiger partial charge in [-0.3, -0.25) is 0 Å². The van der Waals surface area contributed by atoms with E-state index >= 15 is 0 Å². The van der Waals surface area contributed by atoms with E-state index < -0.39 is 0 Å². The topological polar surface area (TPSA) is 61.4 Å². The van der Waals surface area contributed by atoms with Crippen molar-refractivity contribution in [3.63, 3.8) is 0 Å². The lowest BCUT2D eigenvalue weighted by atomic mass is 10.2. The molecule has 0 spiro atoms. The molecule has 5 heteroatoms. The molecule has 0 bridgehead atoms. The molecule has 0 radical (unpaired) electrons. The monoisotopic (exact) mass is 274 g/mol. The Morgan fingerprint density at radius 1 is 1.10 bits per heavy atom. The molecule has 3 N–H and O–H groups in total. The zero-order chi connectivity index (χ0) is 14.4. The fourth-order valence-electron chi connectivity index (χ4n) is 1.73. The van der Waals surface area contributed by atoms with Gasteiger partial charge in [0.05, 0.1) is 6.61 Å². The van der Waals surface area contributed by atoms with Crippen LogP contribution in [0.3, 0.4) is 0 Å². The van der Waals surface area contributed by atoms with Gasteiger partial charge in [0.1, 0.15) is 5.82 Å². The summed E-state index contributed by atoms with van der Waals surface area (Å²) in [5, 5.41) is 14.5. The highest BCUT2D eigenvalue weighted by Crippen LogP contribution is 2.14. The van der Waals surface area contributed by atoms with Crippen molar-refractivity contribution in [1.29, 1.82) is 0 Å². The summed E-state index contributed by atoms with van der Waals surface area (Å²) in [5.41, 5.74) is 2.01. The first kappa shape index (κ1) is 14.0. The van der Waals surface area contributed by atoms with Gasteiger partial charge in [-0.25, -0.2) is 9.18 Å². The molecule has 0 aliphatic carbocycles. The molecule has 0 aliphatic heterocycles. The average Bonchev–Trinajstić information content (AvgIpc) is 2.47. The Kier molecular flexibility index (Phi) is 4.68. The number of carbonyl (C=O) groups is 1. The lowest BCUT2D eigenvalue weighted by Gasteiger charge is -2.10. The zero-order valence-electron chi connectivity index (χ0n) is 10.8. The summed E-state index contributed by atoms with van der Waals surface area (Å²) in [5.74, 6) is -0.310. The van der Waals surface area contributed by atoms with Gasteiger partial charge in [-0.05, 0) is 23.8 Å². The van der Waals surface area contributed by atoms with Crippen molar-refractivity contribution in [1.82, 2.24) is 5.32 Å². The number of benzene rings is 2. The number of hydrogen-bond donors (Lipinski definition) is 3. The number of aliphatic hydroxyl groups excluding tert-OH is 1. The van der Waals surface area contributed by atoms with Gasteiger partial charge >= 0.3 is 6.03 Å². The first-order chi connectivity index (χ1) is 9.69. The molecule has 0 saturated carbocycles. The molecule has 104 valence electrons. The largest absolute Gasteiger partial charge is 0.392 e. The average molecular weight is 274 g/mol. The van der Waals surface area contributed by atoms with E-state index in [9.17, 15) is 9.18 Å². The van der Waals surface area contributed by atoms with Crippen LogP contribution in [0.2, 0.25) is 0 Å². The third-order valence-electron chi connectivity index (χ3n) is 2.80. The molecule has 20 heavy (non-hydrogen) atoms. The van der Waals surface area contributed by atoms with Gasteiger partial charge in [0.25, 0.3) is 0 Å². The standard InChI is InChI=1S/C15H15FN2O2/c16-13-7-5-11(6-8-13)9-17-15(20)18-14-4-2-1-3-12(14)10-19/h1-8,19H,9-10H2,(H2,17,18,20). The summed E-state index contributed by atoms with van der Waals surface area (Å²) in [6.07, 6.45) is 0. The van der Waals surface area contributed by atoms with Gasteiger partial charge in [-0.2, -0.15) is 0 Å². The molecule has 4 nitrogen and oxygen atoms in total. The molecule has 0 fully saturated rings. The molecule has 2 rings (SSSR count). The fourth-order valence-corrected chi connectivity index (χ4v) is 1.73. The number of aliphatic hydroxyl groups is 1. The number of anilines is 1. The highest BCUT2D eigenvalue weighted by atomic mass is 19.1. The smallest absolute Gasteiger partial charge is 0.319 e. The first-order valence-corrected chi connectivity index (χ1v) is 6.17. The highest BCUT2D eigenvalue weighted by molar-refractivity contribution is 5.90. The molecule has 0 aromatic heterocycles. The van der Waals surface area contributed by atoms with Gasteiger partial charge in [-0.15, -0.1) is 0 Å². The Bertz CT molecular complexity index is 585. The number of amides is 2. The number of hydrogen-bond acceptors (Lipinski definition) is 2. The maximum Gasteiger partial charge on any atom is 0.319 e. The second-order valence-electron chi connectivity index (χ2n) is 4.25. The predicted molar refractivity (Wildman–Crippen MR) is 74.6 cm³/mol. The highest BCUT2D eigenvalue weighted by Gasteiger charge is 2.05. The second-order valence-corrected chi connectivity index (χ2v) is 4.25. The Hall–Kier alpha value is -2.40. The Balaban J connectivity index is 1.91. The van der Waals surface area contributed by atoms with Crippen LogP contribution in [0.4, 0.5) is 14.9 Å². The van der Waals surface area contributed by atoms with Crippen molar-refractivity contribution in [2.24, 2.45) is 0 Å². The molecule has 2 aromatic carbocycles. The van der Waals surface area contributed by atoms with Gasteiger partial charge in [0.15, 0.2) is 0 Å². The minimum atomic E-state index is -0.379. The summed E-state index contributed by atoms with van der Waals surface area (Å²) >= 11 is 0. The Labute approximate surface area is 116 Å². The SMILES string of the molecule is O=C(NCc1ccc(F)cc1)Nc1ccccc1CO. The van der Waals surface area contributed by atoms with E-state index in [1.807, 2.05) is 0 Å². The molecule has 2 aromatic rings. The molecule has 0 unspecified atom stereocenters. The minimum Gasteiger partial charge on any atom is -0.392 e. The Morgan fingerprint density at radius 3 is 2.50 bits per heavy atom. The number of nitrogens with one attached hydrogen (secondary N) is 2. The molecule has 0 saturated heterocycles. The van der Waals surface area contributed by atoms with Crippen molar-refractivity contribution >= 4 is 11.7 Å². The zero-order valence-corrected chi connectivity index (χ0v) is 10.8. The number of carbonyl (C=O) groups excluding carboxylic acids is 1. The van der Waals surface area contributed by atoms with E-state index in [2.05, 4.69) is 10.6 Å². The van der Waals surface area contributed by atoms with Crippen molar-refractivity contribution in [3.8, 4) is 0 Å². The number of para-hydroxylation sites is 1. The number of urea groups is 1.